The lowest BCUT2D eigenvalue weighted by Crippen LogP contribution is -2.22. The number of hydrogen-bond acceptors (Lipinski definition) is 4. The molecule has 2 aromatic rings. The van der Waals surface area contributed by atoms with Gasteiger partial charge in [-0.3, -0.25) is 4.79 Å². The minimum Gasteiger partial charge on any atom is -0.452 e. The number of carbonyl (C=O) groups excluding carboxylic acids is 2. The maximum atomic E-state index is 12.2. The Balaban J connectivity index is 1.99. The van der Waals surface area contributed by atoms with Crippen LogP contribution >= 0.6 is 11.8 Å². The fourth-order valence-corrected chi connectivity index (χ4v) is 3.05. The first-order valence-corrected chi connectivity index (χ1v) is 9.48. The molecule has 4 nitrogen and oxygen atoms in total. The fourth-order valence-electron chi connectivity index (χ4n) is 2.47. The maximum Gasteiger partial charge on any atom is 0.339 e. The van der Waals surface area contributed by atoms with Gasteiger partial charge in [-0.05, 0) is 42.4 Å². The lowest BCUT2D eigenvalue weighted by atomic mass is 9.97. The van der Waals surface area contributed by atoms with Crippen molar-refractivity contribution in [1.82, 2.24) is 0 Å². The highest BCUT2D eigenvalue weighted by Gasteiger charge is 2.15. The number of amides is 1. The molecule has 1 N–H and O–H groups in total. The van der Waals surface area contributed by atoms with E-state index in [9.17, 15) is 9.59 Å². The molecular weight excluding hydrogens is 334 g/mol. The van der Waals surface area contributed by atoms with Gasteiger partial charge in [-0.1, -0.05) is 44.2 Å². The van der Waals surface area contributed by atoms with Crippen LogP contribution in [0.2, 0.25) is 0 Å². The van der Waals surface area contributed by atoms with Crippen LogP contribution in [0.25, 0.3) is 0 Å². The van der Waals surface area contributed by atoms with Crippen LogP contribution in [0.5, 0.6) is 0 Å². The Hall–Kier alpha value is -2.27. The number of carbonyl (C=O) groups is 2. The first kappa shape index (κ1) is 19.1. The van der Waals surface area contributed by atoms with E-state index in [-0.39, 0.29) is 12.5 Å². The lowest BCUT2D eigenvalue weighted by molar-refractivity contribution is -0.119. The summed E-state index contributed by atoms with van der Waals surface area (Å²) in [7, 11) is 0. The second kappa shape index (κ2) is 9.28. The maximum absolute atomic E-state index is 12.2. The number of para-hydroxylation sites is 1. The average Bonchev–Trinajstić information content (AvgIpc) is 2.65. The van der Waals surface area contributed by atoms with Crippen molar-refractivity contribution in [3.05, 3.63) is 59.7 Å². The van der Waals surface area contributed by atoms with Crippen LogP contribution in [0, 0.1) is 0 Å². The second-order valence-electron chi connectivity index (χ2n) is 5.72. The quantitative estimate of drug-likeness (QED) is 0.575. The van der Waals surface area contributed by atoms with E-state index in [1.807, 2.05) is 42.7 Å². The molecular formula is C20H23NO3S. The number of benzene rings is 2. The Kier molecular flexibility index (Phi) is 7.07. The standard InChI is InChI=1S/C20H23NO3S/c1-4-14(2)15-9-5-7-11-17(15)21-19(22)13-24-20(23)16-10-6-8-12-18(16)25-3/h5-12,14H,4,13H2,1-3H3,(H,21,22)/t14-/m0/s1. The predicted octanol–water partition coefficient (Wildman–Crippen LogP) is 4.72. The Morgan fingerprint density at radius 3 is 2.52 bits per heavy atom. The molecule has 0 fully saturated rings. The summed E-state index contributed by atoms with van der Waals surface area (Å²) in [5.41, 5.74) is 2.32. The average molecular weight is 357 g/mol. The molecule has 2 aromatic carbocycles. The number of rotatable bonds is 7. The molecule has 25 heavy (non-hydrogen) atoms. The van der Waals surface area contributed by atoms with Gasteiger partial charge in [0.15, 0.2) is 6.61 Å². The second-order valence-corrected chi connectivity index (χ2v) is 6.57. The Bertz CT molecular complexity index is 745. The van der Waals surface area contributed by atoms with Gasteiger partial charge in [-0.2, -0.15) is 0 Å². The summed E-state index contributed by atoms with van der Waals surface area (Å²) < 4.78 is 5.17. The van der Waals surface area contributed by atoms with Gasteiger partial charge in [0, 0.05) is 10.6 Å². The largest absolute Gasteiger partial charge is 0.452 e. The van der Waals surface area contributed by atoms with Crippen LogP contribution in [0.3, 0.4) is 0 Å². The zero-order valence-corrected chi connectivity index (χ0v) is 15.6. The van der Waals surface area contributed by atoms with Crippen molar-refractivity contribution in [1.29, 1.82) is 0 Å². The summed E-state index contributed by atoms with van der Waals surface area (Å²) >= 11 is 1.47. The summed E-state index contributed by atoms with van der Waals surface area (Å²) in [6.45, 7) is 3.91. The summed E-state index contributed by atoms with van der Waals surface area (Å²) in [4.78, 5) is 25.2. The fraction of sp³-hybridized carbons (Fsp3) is 0.300. The molecule has 0 heterocycles. The van der Waals surface area contributed by atoms with Gasteiger partial charge >= 0.3 is 5.97 Å². The molecule has 0 aliphatic heterocycles. The highest BCUT2D eigenvalue weighted by molar-refractivity contribution is 7.98. The Morgan fingerprint density at radius 2 is 1.80 bits per heavy atom. The van der Waals surface area contributed by atoms with Gasteiger partial charge < -0.3 is 10.1 Å². The van der Waals surface area contributed by atoms with E-state index < -0.39 is 5.97 Å². The van der Waals surface area contributed by atoms with Crippen LogP contribution in [0.4, 0.5) is 5.69 Å². The van der Waals surface area contributed by atoms with E-state index >= 15 is 0 Å². The van der Waals surface area contributed by atoms with Gasteiger partial charge in [-0.15, -0.1) is 11.8 Å². The minimum absolute atomic E-state index is 0.309. The van der Waals surface area contributed by atoms with Crippen molar-refractivity contribution in [2.24, 2.45) is 0 Å². The summed E-state index contributed by atoms with van der Waals surface area (Å²) in [5.74, 6) is -0.492. The molecule has 132 valence electrons. The van der Waals surface area contributed by atoms with Crippen LogP contribution in [-0.4, -0.2) is 24.7 Å². The first-order valence-electron chi connectivity index (χ1n) is 8.25. The van der Waals surface area contributed by atoms with Crippen LogP contribution in [-0.2, 0) is 9.53 Å². The highest BCUT2D eigenvalue weighted by Crippen LogP contribution is 2.26. The normalized spacial score (nSPS) is 11.6. The first-order chi connectivity index (χ1) is 12.1. The Morgan fingerprint density at radius 1 is 1.12 bits per heavy atom. The van der Waals surface area contributed by atoms with Gasteiger partial charge in [0.2, 0.25) is 0 Å². The highest BCUT2D eigenvalue weighted by atomic mass is 32.2. The van der Waals surface area contributed by atoms with Crippen LogP contribution in [0.15, 0.2) is 53.4 Å². The van der Waals surface area contributed by atoms with Gasteiger partial charge in [-0.25, -0.2) is 4.79 Å². The smallest absolute Gasteiger partial charge is 0.339 e. The number of ether oxygens (including phenoxy) is 1. The molecule has 1 amide bonds. The molecule has 0 bridgehead atoms. The van der Waals surface area contributed by atoms with Crippen molar-refractivity contribution >= 4 is 29.3 Å². The van der Waals surface area contributed by atoms with Crippen LogP contribution in [0.1, 0.15) is 42.1 Å². The van der Waals surface area contributed by atoms with Crippen molar-refractivity contribution in [2.75, 3.05) is 18.2 Å². The van der Waals surface area contributed by atoms with E-state index in [1.165, 1.54) is 11.8 Å². The van der Waals surface area contributed by atoms with E-state index in [0.717, 1.165) is 22.6 Å². The van der Waals surface area contributed by atoms with E-state index in [2.05, 4.69) is 19.2 Å². The molecule has 0 aliphatic carbocycles. The van der Waals surface area contributed by atoms with Crippen molar-refractivity contribution in [3.8, 4) is 0 Å². The molecule has 0 aromatic heterocycles. The van der Waals surface area contributed by atoms with E-state index in [0.29, 0.717) is 11.5 Å². The lowest BCUT2D eigenvalue weighted by Gasteiger charge is -2.15. The van der Waals surface area contributed by atoms with Gasteiger partial charge in [0.25, 0.3) is 5.91 Å². The number of thioether (sulfide) groups is 1. The topological polar surface area (TPSA) is 55.4 Å². The van der Waals surface area contributed by atoms with Crippen LogP contribution < -0.4 is 5.32 Å². The monoisotopic (exact) mass is 357 g/mol. The number of anilines is 1. The number of esters is 1. The molecule has 2 rings (SSSR count). The predicted molar refractivity (Wildman–Crippen MR) is 102 cm³/mol. The summed E-state index contributed by atoms with van der Waals surface area (Å²) in [6.07, 6.45) is 2.87. The molecule has 0 unspecified atom stereocenters. The van der Waals surface area contributed by atoms with Crippen molar-refractivity contribution in [2.45, 2.75) is 31.1 Å². The Labute approximate surface area is 153 Å². The molecule has 0 spiro atoms. The third-order valence-electron chi connectivity index (χ3n) is 4.04. The number of hydrogen-bond donors (Lipinski definition) is 1. The minimum atomic E-state index is -0.490. The van der Waals surface area contributed by atoms with Crippen molar-refractivity contribution < 1.29 is 14.3 Å². The SMILES string of the molecule is CC[C@H](C)c1ccccc1NC(=O)COC(=O)c1ccccc1SC. The summed E-state index contributed by atoms with van der Waals surface area (Å²) in [6, 6.07) is 14.9. The zero-order valence-electron chi connectivity index (χ0n) is 14.7. The third-order valence-corrected chi connectivity index (χ3v) is 4.84. The summed E-state index contributed by atoms with van der Waals surface area (Å²) in [5, 5.41) is 2.84. The number of nitrogens with one attached hydrogen (secondary N) is 1. The molecule has 0 radical (unpaired) electrons. The van der Waals surface area contributed by atoms with Gasteiger partial charge in [0.05, 0.1) is 5.56 Å². The zero-order chi connectivity index (χ0) is 18.2. The van der Waals surface area contributed by atoms with Gasteiger partial charge in [0.1, 0.15) is 0 Å². The molecule has 0 saturated carbocycles. The third kappa shape index (κ3) is 5.10. The van der Waals surface area contributed by atoms with E-state index in [4.69, 9.17) is 4.74 Å². The van der Waals surface area contributed by atoms with E-state index in [1.54, 1.807) is 12.1 Å². The van der Waals surface area contributed by atoms with Crippen molar-refractivity contribution in [3.63, 3.8) is 0 Å². The molecule has 1 atom stereocenters. The molecule has 0 saturated heterocycles. The molecule has 0 aliphatic rings. The molecule has 5 heteroatoms.